The molecule has 6 nitrogen and oxygen atoms in total. The number of aryl methyl sites for hydroxylation is 1. The number of carbonyl (C=O) groups excluding carboxylic acids is 2. The number of aromatic amines is 1. The number of anilines is 2. The predicted octanol–water partition coefficient (Wildman–Crippen LogP) is -0.394. The van der Waals surface area contributed by atoms with Gasteiger partial charge in [0.25, 0.3) is 0 Å². The van der Waals surface area contributed by atoms with Crippen LogP contribution in [0.5, 0.6) is 0 Å². The maximum absolute atomic E-state index is 11.4. The van der Waals surface area contributed by atoms with Crippen molar-refractivity contribution in [3.63, 3.8) is 0 Å². The lowest BCUT2D eigenvalue weighted by Gasteiger charge is -2.13. The van der Waals surface area contributed by atoms with Crippen LogP contribution in [-0.4, -0.2) is 28.4 Å². The van der Waals surface area contributed by atoms with Gasteiger partial charge in [0.2, 0.25) is 5.91 Å². The number of carbonyl (C=O) groups is 2. The van der Waals surface area contributed by atoms with Crippen LogP contribution in [0.15, 0.2) is 0 Å². The van der Waals surface area contributed by atoms with Crippen molar-refractivity contribution in [1.82, 2.24) is 10.2 Å². The first-order chi connectivity index (χ1) is 6.59. The number of hydrogen-bond donors (Lipinski definition) is 2. The molecule has 6 heteroatoms. The molecule has 14 heavy (non-hydrogen) atoms. The zero-order valence-corrected chi connectivity index (χ0v) is 7.70. The summed E-state index contributed by atoms with van der Waals surface area (Å²) in [6.45, 7) is 1.86. The number of nitrogens with two attached hydrogens (primary N) is 1. The highest BCUT2D eigenvalue weighted by Crippen LogP contribution is 2.27. The molecular formula is C8H10N4O2. The highest BCUT2D eigenvalue weighted by atomic mass is 16.2. The summed E-state index contributed by atoms with van der Waals surface area (Å²) in [7, 11) is 0. The first-order valence-corrected chi connectivity index (χ1v) is 4.22. The molecule has 1 aromatic rings. The number of nitrogens with zero attached hydrogens (tertiary/aromatic N) is 2. The third kappa shape index (κ3) is 1.15. The summed E-state index contributed by atoms with van der Waals surface area (Å²) in [5, 5.41) is 6.44. The summed E-state index contributed by atoms with van der Waals surface area (Å²) in [6.07, 6.45) is -0.0376. The molecule has 2 rings (SSSR count). The lowest BCUT2D eigenvalue weighted by molar-refractivity contribution is -0.121. The summed E-state index contributed by atoms with van der Waals surface area (Å²) >= 11 is 0. The molecule has 3 N–H and O–H groups in total. The van der Waals surface area contributed by atoms with Crippen LogP contribution < -0.4 is 10.6 Å². The molecule has 0 aromatic carbocycles. The second-order valence-electron chi connectivity index (χ2n) is 3.28. The molecule has 1 aliphatic rings. The normalized spacial score (nSPS) is 16.8. The van der Waals surface area contributed by atoms with Gasteiger partial charge in [0, 0.05) is 0 Å². The number of hydrogen-bond acceptors (Lipinski definition) is 4. The SMILES string of the molecule is Cc1[nH]nc(N)c1N1CC(=O)CC1=O. The van der Waals surface area contributed by atoms with Crippen molar-refractivity contribution in [1.29, 1.82) is 0 Å². The van der Waals surface area contributed by atoms with Crippen molar-refractivity contribution in [2.75, 3.05) is 17.2 Å². The molecule has 0 spiro atoms. The van der Waals surface area contributed by atoms with E-state index in [1.165, 1.54) is 4.90 Å². The molecule has 1 saturated heterocycles. The zero-order chi connectivity index (χ0) is 10.3. The van der Waals surface area contributed by atoms with Crippen LogP contribution in [0.4, 0.5) is 11.5 Å². The van der Waals surface area contributed by atoms with E-state index in [1.54, 1.807) is 6.92 Å². The van der Waals surface area contributed by atoms with Crippen LogP contribution in [0.1, 0.15) is 12.1 Å². The van der Waals surface area contributed by atoms with Crippen molar-refractivity contribution in [3.05, 3.63) is 5.69 Å². The van der Waals surface area contributed by atoms with E-state index in [0.717, 1.165) is 0 Å². The van der Waals surface area contributed by atoms with Crippen LogP contribution >= 0.6 is 0 Å². The van der Waals surface area contributed by atoms with E-state index in [0.29, 0.717) is 11.4 Å². The monoisotopic (exact) mass is 194 g/mol. The van der Waals surface area contributed by atoms with Crippen LogP contribution in [0, 0.1) is 6.92 Å². The smallest absolute Gasteiger partial charge is 0.235 e. The van der Waals surface area contributed by atoms with Crippen LogP contribution in [0.25, 0.3) is 0 Å². The largest absolute Gasteiger partial charge is 0.380 e. The van der Waals surface area contributed by atoms with Crippen molar-refractivity contribution >= 4 is 23.2 Å². The zero-order valence-electron chi connectivity index (χ0n) is 7.70. The number of nitrogens with one attached hydrogen (secondary N) is 1. The standard InChI is InChI=1S/C8H10N4O2/c1-4-7(8(9)11-10-4)12-3-5(13)2-6(12)14/h2-3H2,1H3,(H3,9,10,11). The Hall–Kier alpha value is -1.85. The molecule has 1 amide bonds. The first-order valence-electron chi connectivity index (χ1n) is 4.22. The third-order valence-electron chi connectivity index (χ3n) is 2.20. The molecule has 1 aromatic heterocycles. The molecular weight excluding hydrogens is 184 g/mol. The van der Waals surface area contributed by atoms with E-state index < -0.39 is 0 Å². The van der Waals surface area contributed by atoms with Crippen molar-refractivity contribution in [2.45, 2.75) is 13.3 Å². The van der Waals surface area contributed by atoms with Gasteiger partial charge in [0.15, 0.2) is 11.6 Å². The molecule has 0 bridgehead atoms. The van der Waals surface area contributed by atoms with Gasteiger partial charge in [-0.25, -0.2) is 0 Å². The van der Waals surface area contributed by atoms with Crippen LogP contribution in [-0.2, 0) is 9.59 Å². The minimum absolute atomic E-state index is 0.0376. The number of H-pyrrole nitrogens is 1. The van der Waals surface area contributed by atoms with E-state index >= 15 is 0 Å². The van der Waals surface area contributed by atoms with E-state index in [-0.39, 0.29) is 30.5 Å². The Morgan fingerprint density at radius 1 is 1.50 bits per heavy atom. The van der Waals surface area contributed by atoms with Gasteiger partial charge in [-0.05, 0) is 6.92 Å². The molecule has 0 radical (unpaired) electrons. The Morgan fingerprint density at radius 3 is 2.64 bits per heavy atom. The van der Waals surface area contributed by atoms with Gasteiger partial charge in [-0.15, -0.1) is 0 Å². The Bertz CT molecular complexity index is 390. The molecule has 1 fully saturated rings. The molecule has 74 valence electrons. The Labute approximate surface area is 80.1 Å². The van der Waals surface area contributed by atoms with Crippen molar-refractivity contribution < 1.29 is 9.59 Å². The molecule has 2 heterocycles. The van der Waals surface area contributed by atoms with Gasteiger partial charge in [0.1, 0.15) is 5.69 Å². The lowest BCUT2D eigenvalue weighted by Crippen LogP contribution is -2.25. The summed E-state index contributed by atoms with van der Waals surface area (Å²) < 4.78 is 0. The quantitative estimate of drug-likeness (QED) is 0.595. The second kappa shape index (κ2) is 2.83. The van der Waals surface area contributed by atoms with Crippen LogP contribution in [0.2, 0.25) is 0 Å². The lowest BCUT2D eigenvalue weighted by atomic mass is 10.3. The minimum atomic E-state index is -0.216. The summed E-state index contributed by atoms with van der Waals surface area (Å²) in [5.74, 6) is -0.0493. The fourth-order valence-corrected chi connectivity index (χ4v) is 1.57. The maximum Gasteiger partial charge on any atom is 0.235 e. The van der Waals surface area contributed by atoms with Crippen LogP contribution in [0.3, 0.4) is 0 Å². The number of nitrogen functional groups attached to an aromatic ring is 1. The van der Waals surface area contributed by atoms with E-state index in [1.807, 2.05) is 0 Å². The topological polar surface area (TPSA) is 92.1 Å². The van der Waals surface area contributed by atoms with Gasteiger partial charge in [-0.1, -0.05) is 0 Å². The molecule has 0 atom stereocenters. The fourth-order valence-electron chi connectivity index (χ4n) is 1.57. The van der Waals surface area contributed by atoms with Gasteiger partial charge in [0.05, 0.1) is 18.7 Å². The van der Waals surface area contributed by atoms with Crippen molar-refractivity contribution in [2.24, 2.45) is 0 Å². The summed E-state index contributed by atoms with van der Waals surface area (Å²) in [5.41, 5.74) is 6.81. The molecule has 1 aliphatic heterocycles. The minimum Gasteiger partial charge on any atom is -0.380 e. The average molecular weight is 194 g/mol. The number of ketones is 1. The van der Waals surface area contributed by atoms with E-state index in [4.69, 9.17) is 5.73 Å². The summed E-state index contributed by atoms with van der Waals surface area (Å²) in [4.78, 5) is 23.8. The Balaban J connectivity index is 2.40. The third-order valence-corrected chi connectivity index (χ3v) is 2.20. The van der Waals surface area contributed by atoms with E-state index in [9.17, 15) is 9.59 Å². The van der Waals surface area contributed by atoms with E-state index in [2.05, 4.69) is 10.2 Å². The molecule has 0 saturated carbocycles. The molecule has 0 unspecified atom stereocenters. The number of rotatable bonds is 1. The first kappa shape index (κ1) is 8.74. The highest BCUT2D eigenvalue weighted by molar-refractivity contribution is 6.16. The molecule has 0 aliphatic carbocycles. The maximum atomic E-state index is 11.4. The summed E-state index contributed by atoms with van der Waals surface area (Å²) in [6, 6.07) is 0. The predicted molar refractivity (Wildman–Crippen MR) is 49.7 cm³/mol. The number of amides is 1. The van der Waals surface area contributed by atoms with Crippen molar-refractivity contribution in [3.8, 4) is 0 Å². The average Bonchev–Trinajstić information content (AvgIpc) is 2.57. The Kier molecular flexibility index (Phi) is 1.77. The number of aromatic nitrogens is 2. The van der Waals surface area contributed by atoms with Gasteiger partial charge in [-0.2, -0.15) is 5.10 Å². The fraction of sp³-hybridized carbons (Fsp3) is 0.375. The second-order valence-corrected chi connectivity index (χ2v) is 3.28. The Morgan fingerprint density at radius 2 is 2.21 bits per heavy atom. The highest BCUT2D eigenvalue weighted by Gasteiger charge is 2.31. The van der Waals surface area contributed by atoms with Gasteiger partial charge >= 0.3 is 0 Å². The van der Waals surface area contributed by atoms with Gasteiger partial charge < -0.3 is 5.73 Å². The number of Topliss-reactive ketones (excluding diaryl/α,β-unsaturated/α-hetero) is 1. The van der Waals surface area contributed by atoms with Gasteiger partial charge in [-0.3, -0.25) is 19.6 Å².